The molecule has 0 atom stereocenters. The number of hydrogen-bond donors (Lipinski definition) is 2. The average molecular weight is 202 g/mol. The Kier molecular flexibility index (Phi) is 2.25. The normalized spacial score (nSPS) is 11.3. The molecule has 0 unspecified atom stereocenters. The molecule has 2 heterocycles. The molecule has 4 nitrogen and oxygen atoms in total. The molecule has 0 aliphatic carbocycles. The van der Waals surface area contributed by atoms with E-state index < -0.39 is 5.97 Å². The molecule has 0 fully saturated rings. The van der Waals surface area contributed by atoms with Gasteiger partial charge in [-0.15, -0.1) is 0 Å². The van der Waals surface area contributed by atoms with E-state index in [2.05, 4.69) is 9.97 Å². The Labute approximate surface area is 86.3 Å². The second-order valence-electron chi connectivity index (χ2n) is 3.32. The number of aromatic nitrogens is 2. The number of nitrogens with one attached hydrogen (secondary N) is 1. The molecule has 0 aliphatic rings. The Hall–Kier alpha value is -2.10. The number of fused-ring (bicyclic) bond motifs is 1. The van der Waals surface area contributed by atoms with Crippen LogP contribution in [-0.2, 0) is 4.79 Å². The molecule has 0 spiro atoms. The molecule has 0 radical (unpaired) electrons. The molecule has 0 saturated carbocycles. The van der Waals surface area contributed by atoms with E-state index in [4.69, 9.17) is 5.11 Å². The van der Waals surface area contributed by atoms with Gasteiger partial charge in [0.15, 0.2) is 0 Å². The van der Waals surface area contributed by atoms with Crippen LogP contribution in [0.15, 0.2) is 24.5 Å². The number of aromatic amines is 1. The van der Waals surface area contributed by atoms with Crippen LogP contribution < -0.4 is 0 Å². The van der Waals surface area contributed by atoms with Crippen LogP contribution in [-0.4, -0.2) is 21.0 Å². The number of carbonyl (C=O) groups is 1. The second-order valence-corrected chi connectivity index (χ2v) is 3.32. The molecule has 0 aliphatic heterocycles. The first-order valence-corrected chi connectivity index (χ1v) is 4.51. The van der Waals surface area contributed by atoms with Gasteiger partial charge in [0.1, 0.15) is 5.65 Å². The topological polar surface area (TPSA) is 66.0 Å². The third-order valence-electron chi connectivity index (χ3n) is 2.11. The Morgan fingerprint density at radius 3 is 3.13 bits per heavy atom. The summed E-state index contributed by atoms with van der Waals surface area (Å²) in [4.78, 5) is 17.6. The van der Waals surface area contributed by atoms with Gasteiger partial charge in [-0.2, -0.15) is 0 Å². The molecule has 0 bridgehead atoms. The summed E-state index contributed by atoms with van der Waals surface area (Å²) in [5, 5.41) is 9.46. The molecule has 2 N–H and O–H groups in total. The van der Waals surface area contributed by atoms with Crippen molar-refractivity contribution in [3.8, 4) is 0 Å². The zero-order valence-corrected chi connectivity index (χ0v) is 8.19. The molecule has 0 aromatic carbocycles. The Morgan fingerprint density at radius 2 is 2.40 bits per heavy atom. The molecular weight excluding hydrogens is 192 g/mol. The summed E-state index contributed by atoms with van der Waals surface area (Å²) in [6.45, 7) is 1.95. The summed E-state index contributed by atoms with van der Waals surface area (Å²) >= 11 is 0. The number of carboxylic acid groups (broad SMARTS) is 1. The summed E-state index contributed by atoms with van der Waals surface area (Å²) in [7, 11) is 0. The monoisotopic (exact) mass is 202 g/mol. The third-order valence-corrected chi connectivity index (χ3v) is 2.11. The minimum Gasteiger partial charge on any atom is -0.478 e. The molecule has 2 rings (SSSR count). The van der Waals surface area contributed by atoms with E-state index in [0.29, 0.717) is 0 Å². The zero-order valence-electron chi connectivity index (χ0n) is 8.19. The van der Waals surface area contributed by atoms with Crippen LogP contribution in [0.3, 0.4) is 0 Å². The van der Waals surface area contributed by atoms with E-state index in [-0.39, 0.29) is 0 Å². The lowest BCUT2D eigenvalue weighted by Gasteiger charge is -1.93. The van der Waals surface area contributed by atoms with Crippen LogP contribution in [0.1, 0.15) is 11.1 Å². The van der Waals surface area contributed by atoms with Gasteiger partial charge in [0.05, 0.1) is 0 Å². The first-order valence-electron chi connectivity index (χ1n) is 4.51. The summed E-state index contributed by atoms with van der Waals surface area (Å²) in [6.07, 6.45) is 6.19. The smallest absolute Gasteiger partial charge is 0.328 e. The number of H-pyrrole nitrogens is 1. The lowest BCUT2D eigenvalue weighted by molar-refractivity contribution is -0.131. The highest BCUT2D eigenvalue weighted by Gasteiger charge is 2.02. The van der Waals surface area contributed by atoms with Crippen LogP contribution in [0.4, 0.5) is 0 Å². The highest BCUT2D eigenvalue weighted by atomic mass is 16.4. The van der Waals surface area contributed by atoms with Gasteiger partial charge in [0.2, 0.25) is 0 Å². The van der Waals surface area contributed by atoms with Crippen LogP contribution in [0.5, 0.6) is 0 Å². The predicted octanol–water partition coefficient (Wildman–Crippen LogP) is 1.97. The Morgan fingerprint density at radius 1 is 1.60 bits per heavy atom. The van der Waals surface area contributed by atoms with Crippen molar-refractivity contribution in [2.75, 3.05) is 0 Å². The molecule has 15 heavy (non-hydrogen) atoms. The quantitative estimate of drug-likeness (QED) is 0.731. The van der Waals surface area contributed by atoms with Gasteiger partial charge >= 0.3 is 5.97 Å². The van der Waals surface area contributed by atoms with Crippen molar-refractivity contribution in [2.24, 2.45) is 0 Å². The first kappa shape index (κ1) is 9.45. The van der Waals surface area contributed by atoms with Crippen molar-refractivity contribution < 1.29 is 9.90 Å². The van der Waals surface area contributed by atoms with E-state index in [1.54, 1.807) is 18.5 Å². The van der Waals surface area contributed by atoms with Crippen LogP contribution >= 0.6 is 0 Å². The van der Waals surface area contributed by atoms with Gasteiger partial charge in [0, 0.05) is 29.4 Å². The van der Waals surface area contributed by atoms with Crippen molar-refractivity contribution in [3.05, 3.63) is 35.7 Å². The van der Waals surface area contributed by atoms with Gasteiger partial charge in [0.25, 0.3) is 0 Å². The zero-order chi connectivity index (χ0) is 10.8. The molecule has 76 valence electrons. The van der Waals surface area contributed by atoms with Crippen molar-refractivity contribution in [2.45, 2.75) is 6.92 Å². The van der Waals surface area contributed by atoms with Gasteiger partial charge < -0.3 is 10.1 Å². The minimum atomic E-state index is -0.954. The van der Waals surface area contributed by atoms with Gasteiger partial charge in [-0.3, -0.25) is 0 Å². The van der Waals surface area contributed by atoms with Gasteiger partial charge in [-0.05, 0) is 24.6 Å². The fourth-order valence-corrected chi connectivity index (χ4v) is 1.43. The molecule has 2 aromatic rings. The largest absolute Gasteiger partial charge is 0.478 e. The van der Waals surface area contributed by atoms with E-state index in [1.165, 1.54) is 0 Å². The first-order chi connectivity index (χ1) is 7.16. The van der Waals surface area contributed by atoms with Crippen molar-refractivity contribution >= 4 is 23.1 Å². The number of aliphatic carboxylic acids is 1. The van der Waals surface area contributed by atoms with E-state index in [1.807, 2.05) is 13.0 Å². The van der Waals surface area contributed by atoms with Crippen molar-refractivity contribution in [1.29, 1.82) is 0 Å². The van der Waals surface area contributed by atoms with E-state index in [0.717, 1.165) is 28.2 Å². The second kappa shape index (κ2) is 3.57. The third kappa shape index (κ3) is 1.88. The number of carboxylic acids is 1. The maximum Gasteiger partial charge on any atom is 0.328 e. The number of rotatable bonds is 2. The maximum atomic E-state index is 10.4. The highest BCUT2D eigenvalue weighted by Crippen LogP contribution is 2.18. The highest BCUT2D eigenvalue weighted by molar-refractivity contribution is 5.92. The number of pyridine rings is 1. The van der Waals surface area contributed by atoms with Crippen LogP contribution in [0, 0.1) is 6.92 Å². The van der Waals surface area contributed by atoms with Crippen LogP contribution in [0.25, 0.3) is 17.1 Å². The standard InChI is InChI=1S/C11H10N2O2/c1-7-4-9-8(2-3-10(14)15)6-13-11(9)12-5-7/h2-6H,1H3,(H,12,13)(H,14,15)/b3-2+. The van der Waals surface area contributed by atoms with Crippen molar-refractivity contribution in [1.82, 2.24) is 9.97 Å². The summed E-state index contributed by atoms with van der Waals surface area (Å²) in [5.41, 5.74) is 2.65. The Bertz CT molecular complexity index is 541. The lowest BCUT2D eigenvalue weighted by Crippen LogP contribution is -1.85. The Balaban J connectivity index is 2.52. The fourth-order valence-electron chi connectivity index (χ4n) is 1.43. The van der Waals surface area contributed by atoms with Gasteiger partial charge in [-0.1, -0.05) is 0 Å². The molecule has 0 saturated heterocycles. The minimum absolute atomic E-state index is 0.769. The molecular formula is C11H10N2O2. The molecule has 4 heteroatoms. The average Bonchev–Trinajstić information content (AvgIpc) is 2.57. The summed E-state index contributed by atoms with van der Waals surface area (Å²) in [6, 6.07) is 1.97. The molecule has 2 aromatic heterocycles. The van der Waals surface area contributed by atoms with E-state index >= 15 is 0 Å². The van der Waals surface area contributed by atoms with E-state index in [9.17, 15) is 4.79 Å². The predicted molar refractivity (Wildman–Crippen MR) is 57.5 cm³/mol. The summed E-state index contributed by atoms with van der Waals surface area (Å²) in [5.74, 6) is -0.954. The molecule has 0 amide bonds. The van der Waals surface area contributed by atoms with Gasteiger partial charge in [-0.25, -0.2) is 9.78 Å². The van der Waals surface area contributed by atoms with Crippen molar-refractivity contribution in [3.63, 3.8) is 0 Å². The number of nitrogens with zero attached hydrogens (tertiary/aromatic N) is 1. The maximum absolute atomic E-state index is 10.4. The summed E-state index contributed by atoms with van der Waals surface area (Å²) < 4.78 is 0. The SMILES string of the molecule is Cc1cnc2[nH]cc(/C=C/C(=O)O)c2c1. The lowest BCUT2D eigenvalue weighted by atomic mass is 10.2. The fraction of sp³-hybridized carbons (Fsp3) is 0.0909. The van der Waals surface area contributed by atoms with Crippen LogP contribution in [0.2, 0.25) is 0 Å². The number of hydrogen-bond acceptors (Lipinski definition) is 2. The number of aryl methyl sites for hydroxylation is 1.